The van der Waals surface area contributed by atoms with Crippen LogP contribution >= 0.6 is 0 Å². The van der Waals surface area contributed by atoms with E-state index in [1.54, 1.807) is 6.07 Å². The number of hydrogen-bond donors (Lipinski definition) is 1. The first-order valence-electron chi connectivity index (χ1n) is 5.11. The van der Waals surface area contributed by atoms with E-state index in [9.17, 15) is 4.79 Å². The molecule has 2 atom stereocenters. The number of aromatic nitrogens is 1. The normalized spacial score (nSPS) is 23.5. The van der Waals surface area contributed by atoms with Crippen LogP contribution in [0, 0.1) is 5.92 Å². The van der Waals surface area contributed by atoms with Crippen LogP contribution in [0.4, 0.5) is 5.82 Å². The van der Waals surface area contributed by atoms with E-state index >= 15 is 0 Å². The summed E-state index contributed by atoms with van der Waals surface area (Å²) in [6.45, 7) is 2.25. The Morgan fingerprint density at radius 3 is 3.13 bits per heavy atom. The van der Waals surface area contributed by atoms with Gasteiger partial charge in [0.1, 0.15) is 5.82 Å². The van der Waals surface area contributed by atoms with Crippen LogP contribution in [-0.4, -0.2) is 17.6 Å². The van der Waals surface area contributed by atoms with Gasteiger partial charge in [-0.25, -0.2) is 4.98 Å². The minimum Gasteiger partial charge on any atom is -0.466 e. The molecule has 0 aliphatic heterocycles. The van der Waals surface area contributed by atoms with E-state index in [0.29, 0.717) is 12.4 Å². The first-order chi connectivity index (χ1) is 7.22. The molecule has 1 saturated carbocycles. The van der Waals surface area contributed by atoms with Crippen molar-refractivity contribution < 1.29 is 9.53 Å². The van der Waals surface area contributed by atoms with Crippen LogP contribution in [-0.2, 0) is 9.53 Å². The van der Waals surface area contributed by atoms with Gasteiger partial charge in [0.15, 0.2) is 0 Å². The summed E-state index contributed by atoms with van der Waals surface area (Å²) in [6, 6.07) is 5.50. The number of ether oxygens (including phenoxy) is 1. The largest absolute Gasteiger partial charge is 0.466 e. The van der Waals surface area contributed by atoms with Gasteiger partial charge in [0.2, 0.25) is 0 Å². The highest BCUT2D eigenvalue weighted by molar-refractivity contribution is 5.77. The monoisotopic (exact) mass is 206 g/mol. The van der Waals surface area contributed by atoms with E-state index in [-0.39, 0.29) is 17.8 Å². The fourth-order valence-electron chi connectivity index (χ4n) is 1.71. The van der Waals surface area contributed by atoms with Crippen molar-refractivity contribution in [2.75, 3.05) is 12.3 Å². The molecule has 0 bridgehead atoms. The maximum absolute atomic E-state index is 11.4. The average Bonchev–Trinajstić information content (AvgIpc) is 2.97. The van der Waals surface area contributed by atoms with E-state index in [1.807, 2.05) is 19.1 Å². The number of nitrogens with two attached hydrogens (primary N) is 1. The second kappa shape index (κ2) is 3.88. The van der Waals surface area contributed by atoms with Crippen LogP contribution in [0.15, 0.2) is 18.2 Å². The Bertz CT molecular complexity index is 379. The zero-order valence-electron chi connectivity index (χ0n) is 8.64. The van der Waals surface area contributed by atoms with Crippen LogP contribution < -0.4 is 5.73 Å². The van der Waals surface area contributed by atoms with Gasteiger partial charge >= 0.3 is 5.97 Å². The molecule has 1 aromatic rings. The van der Waals surface area contributed by atoms with Gasteiger partial charge in [-0.1, -0.05) is 6.07 Å². The van der Waals surface area contributed by atoms with E-state index < -0.39 is 0 Å². The highest BCUT2D eigenvalue weighted by Crippen LogP contribution is 2.47. The Morgan fingerprint density at radius 1 is 1.67 bits per heavy atom. The smallest absolute Gasteiger partial charge is 0.309 e. The lowest BCUT2D eigenvalue weighted by Gasteiger charge is -2.01. The van der Waals surface area contributed by atoms with Crippen molar-refractivity contribution in [3.05, 3.63) is 23.9 Å². The van der Waals surface area contributed by atoms with Gasteiger partial charge in [-0.05, 0) is 25.5 Å². The molecule has 0 spiro atoms. The molecule has 0 saturated heterocycles. The van der Waals surface area contributed by atoms with Crippen molar-refractivity contribution in [3.63, 3.8) is 0 Å². The number of carbonyl (C=O) groups is 1. The predicted molar refractivity (Wildman–Crippen MR) is 56.1 cm³/mol. The van der Waals surface area contributed by atoms with Crippen LogP contribution in [0.25, 0.3) is 0 Å². The van der Waals surface area contributed by atoms with Gasteiger partial charge in [0.25, 0.3) is 0 Å². The number of carbonyl (C=O) groups excluding carboxylic acids is 1. The minimum absolute atomic E-state index is 0.0146. The number of anilines is 1. The predicted octanol–water partition coefficient (Wildman–Crippen LogP) is 1.33. The number of nitrogen functional groups attached to an aromatic ring is 1. The fourth-order valence-corrected chi connectivity index (χ4v) is 1.71. The molecule has 1 heterocycles. The molecule has 4 nitrogen and oxygen atoms in total. The zero-order chi connectivity index (χ0) is 10.8. The summed E-state index contributed by atoms with van der Waals surface area (Å²) < 4.78 is 4.95. The molecule has 1 aromatic heterocycles. The second-order valence-corrected chi connectivity index (χ2v) is 3.69. The molecule has 1 unspecified atom stereocenters. The highest BCUT2D eigenvalue weighted by Gasteiger charge is 2.46. The van der Waals surface area contributed by atoms with Crippen LogP contribution in [0.5, 0.6) is 0 Å². The van der Waals surface area contributed by atoms with Gasteiger partial charge in [0.05, 0.1) is 12.5 Å². The lowest BCUT2D eigenvalue weighted by molar-refractivity contribution is -0.144. The first kappa shape index (κ1) is 9.96. The van der Waals surface area contributed by atoms with Gasteiger partial charge in [0, 0.05) is 11.6 Å². The maximum Gasteiger partial charge on any atom is 0.309 e. The summed E-state index contributed by atoms with van der Waals surface area (Å²) in [6.07, 6.45) is 0.829. The van der Waals surface area contributed by atoms with Crippen LogP contribution in [0.2, 0.25) is 0 Å². The minimum atomic E-state index is -0.119. The van der Waals surface area contributed by atoms with Crippen molar-refractivity contribution >= 4 is 11.8 Å². The molecule has 1 aliphatic carbocycles. The summed E-state index contributed by atoms with van der Waals surface area (Å²) >= 11 is 0. The number of nitrogens with zero attached hydrogens (tertiary/aromatic N) is 1. The first-order valence-corrected chi connectivity index (χ1v) is 5.11. The molecule has 15 heavy (non-hydrogen) atoms. The molecule has 4 heteroatoms. The number of pyridine rings is 1. The average molecular weight is 206 g/mol. The Balaban J connectivity index is 2.01. The summed E-state index contributed by atoms with van der Waals surface area (Å²) in [5.41, 5.74) is 6.47. The Morgan fingerprint density at radius 2 is 2.47 bits per heavy atom. The van der Waals surface area contributed by atoms with Crippen LogP contribution in [0.3, 0.4) is 0 Å². The number of rotatable bonds is 3. The molecule has 2 rings (SSSR count). The topological polar surface area (TPSA) is 65.2 Å². The molecule has 1 aliphatic rings. The third kappa shape index (κ3) is 2.09. The molecule has 0 aromatic carbocycles. The third-order valence-corrected chi connectivity index (χ3v) is 2.55. The van der Waals surface area contributed by atoms with Crippen molar-refractivity contribution in [2.45, 2.75) is 19.3 Å². The Labute approximate surface area is 88.4 Å². The van der Waals surface area contributed by atoms with Gasteiger partial charge in [-0.3, -0.25) is 4.79 Å². The van der Waals surface area contributed by atoms with Crippen molar-refractivity contribution in [1.82, 2.24) is 4.98 Å². The van der Waals surface area contributed by atoms with E-state index in [2.05, 4.69) is 4.98 Å². The molecule has 0 radical (unpaired) electrons. The van der Waals surface area contributed by atoms with E-state index in [0.717, 1.165) is 12.1 Å². The number of esters is 1. The Hall–Kier alpha value is -1.58. The summed E-state index contributed by atoms with van der Waals surface area (Å²) in [5.74, 6) is 0.570. The third-order valence-electron chi connectivity index (χ3n) is 2.55. The van der Waals surface area contributed by atoms with Crippen molar-refractivity contribution in [2.24, 2.45) is 5.92 Å². The molecular weight excluding hydrogens is 192 g/mol. The number of hydrogen-bond acceptors (Lipinski definition) is 4. The fraction of sp³-hybridized carbons (Fsp3) is 0.455. The van der Waals surface area contributed by atoms with Crippen molar-refractivity contribution in [3.8, 4) is 0 Å². The van der Waals surface area contributed by atoms with Crippen molar-refractivity contribution in [1.29, 1.82) is 0 Å². The maximum atomic E-state index is 11.4. The van der Waals surface area contributed by atoms with E-state index in [1.165, 1.54) is 0 Å². The molecule has 2 N–H and O–H groups in total. The zero-order valence-corrected chi connectivity index (χ0v) is 8.64. The van der Waals surface area contributed by atoms with E-state index in [4.69, 9.17) is 10.5 Å². The molecule has 80 valence electrons. The highest BCUT2D eigenvalue weighted by atomic mass is 16.5. The second-order valence-electron chi connectivity index (χ2n) is 3.69. The summed E-state index contributed by atoms with van der Waals surface area (Å²) in [7, 11) is 0. The standard InChI is InChI=1S/C11H14N2O2/c1-2-15-11(14)8-6-7(8)9-4-3-5-10(12)13-9/h3-5,7-8H,2,6H2,1H3,(H2,12,13)/t7?,8-/m0/s1. The molecule has 1 fully saturated rings. The Kier molecular flexibility index (Phi) is 2.58. The van der Waals surface area contributed by atoms with Crippen LogP contribution in [0.1, 0.15) is 25.0 Å². The SMILES string of the molecule is CCOC(=O)[C@H]1CC1c1cccc(N)n1. The van der Waals surface area contributed by atoms with Gasteiger partial charge in [-0.2, -0.15) is 0 Å². The summed E-state index contributed by atoms with van der Waals surface area (Å²) in [4.78, 5) is 15.6. The summed E-state index contributed by atoms with van der Waals surface area (Å²) in [5, 5.41) is 0. The molecule has 0 amide bonds. The quantitative estimate of drug-likeness (QED) is 0.758. The van der Waals surface area contributed by atoms with Gasteiger partial charge < -0.3 is 10.5 Å². The lowest BCUT2D eigenvalue weighted by Crippen LogP contribution is -2.07. The molecular formula is C11H14N2O2. The van der Waals surface area contributed by atoms with Gasteiger partial charge in [-0.15, -0.1) is 0 Å². The lowest BCUT2D eigenvalue weighted by atomic mass is 10.2.